The Balaban J connectivity index is 2.03. The molecule has 128 valence electrons. The van der Waals surface area contributed by atoms with E-state index in [4.69, 9.17) is 0 Å². The Bertz CT molecular complexity index is 352. The summed E-state index contributed by atoms with van der Waals surface area (Å²) >= 11 is 0. The van der Waals surface area contributed by atoms with E-state index >= 15 is 0 Å². The number of unbranched alkanes of at least 4 members (excludes halogenated alkanes) is 7. The third kappa shape index (κ3) is 7.83. The Labute approximate surface area is 135 Å². The highest BCUT2D eigenvalue weighted by Gasteiger charge is 2.19. The molecule has 0 saturated carbocycles. The summed E-state index contributed by atoms with van der Waals surface area (Å²) in [5.74, 6) is -0.322. The molecule has 0 aliphatic heterocycles. The van der Waals surface area contributed by atoms with Crippen LogP contribution in [0.2, 0.25) is 0 Å². The molecule has 0 aromatic carbocycles. The fourth-order valence-electron chi connectivity index (χ4n) is 2.86. The van der Waals surface area contributed by atoms with Crippen molar-refractivity contribution in [1.29, 1.82) is 0 Å². The van der Waals surface area contributed by atoms with Gasteiger partial charge in [-0.2, -0.15) is 0 Å². The standard InChI is InChI=1S/C18H33NO3/c1-2-3-4-5-6-7-8-9-11-15(20)14-19-16-12-10-13-17(21)18(16)22/h15,19-20,22H,2-14H2,1H3. The topological polar surface area (TPSA) is 69.6 Å². The molecule has 1 unspecified atom stereocenters. The van der Waals surface area contributed by atoms with Gasteiger partial charge in [-0.3, -0.25) is 4.79 Å². The number of aliphatic hydroxyl groups is 2. The number of ketones is 1. The molecule has 0 heterocycles. The summed E-state index contributed by atoms with van der Waals surface area (Å²) in [4.78, 5) is 11.4. The normalized spacial score (nSPS) is 16.9. The van der Waals surface area contributed by atoms with Gasteiger partial charge in [-0.25, -0.2) is 0 Å². The van der Waals surface area contributed by atoms with Crippen LogP contribution in [0.25, 0.3) is 0 Å². The first-order chi connectivity index (χ1) is 10.6. The quantitative estimate of drug-likeness (QED) is 0.477. The molecule has 1 rings (SSSR count). The van der Waals surface area contributed by atoms with Crippen LogP contribution in [-0.4, -0.2) is 28.6 Å². The van der Waals surface area contributed by atoms with Gasteiger partial charge in [-0.05, 0) is 19.3 Å². The Morgan fingerprint density at radius 3 is 2.36 bits per heavy atom. The molecular formula is C18H33NO3. The van der Waals surface area contributed by atoms with Crippen molar-refractivity contribution in [2.24, 2.45) is 0 Å². The van der Waals surface area contributed by atoms with Crippen LogP contribution in [0.3, 0.4) is 0 Å². The number of carbonyl (C=O) groups is 1. The van der Waals surface area contributed by atoms with Crippen LogP contribution in [-0.2, 0) is 4.79 Å². The van der Waals surface area contributed by atoms with E-state index in [1.807, 2.05) is 0 Å². The molecule has 1 aliphatic rings. The molecule has 4 heteroatoms. The van der Waals surface area contributed by atoms with E-state index < -0.39 is 6.10 Å². The lowest BCUT2D eigenvalue weighted by atomic mass is 10.0. The third-order valence-electron chi connectivity index (χ3n) is 4.32. The summed E-state index contributed by atoms with van der Waals surface area (Å²) < 4.78 is 0. The van der Waals surface area contributed by atoms with Crippen LogP contribution < -0.4 is 5.32 Å². The van der Waals surface area contributed by atoms with Crippen LogP contribution in [0.1, 0.15) is 84.0 Å². The first-order valence-corrected chi connectivity index (χ1v) is 9.02. The van der Waals surface area contributed by atoms with Crippen molar-refractivity contribution >= 4 is 5.78 Å². The molecule has 0 radical (unpaired) electrons. The van der Waals surface area contributed by atoms with Crippen molar-refractivity contribution in [1.82, 2.24) is 5.32 Å². The van der Waals surface area contributed by atoms with Gasteiger partial charge >= 0.3 is 0 Å². The summed E-state index contributed by atoms with van der Waals surface area (Å²) in [7, 11) is 0. The maximum Gasteiger partial charge on any atom is 0.198 e. The summed E-state index contributed by atoms with van der Waals surface area (Å²) in [6.45, 7) is 2.65. The largest absolute Gasteiger partial charge is 0.503 e. The Hall–Kier alpha value is -1.03. The number of nitrogens with one attached hydrogen (secondary N) is 1. The van der Waals surface area contributed by atoms with Crippen molar-refractivity contribution in [3.05, 3.63) is 11.5 Å². The van der Waals surface area contributed by atoms with Gasteiger partial charge < -0.3 is 15.5 Å². The number of rotatable bonds is 12. The SMILES string of the molecule is CCCCCCCCCCC(O)CNC1=C(O)C(=O)CCC1. The minimum Gasteiger partial charge on any atom is -0.503 e. The molecule has 0 spiro atoms. The maximum atomic E-state index is 11.4. The van der Waals surface area contributed by atoms with Crippen molar-refractivity contribution in [2.75, 3.05) is 6.54 Å². The molecule has 22 heavy (non-hydrogen) atoms. The summed E-state index contributed by atoms with van der Waals surface area (Å²) in [6, 6.07) is 0. The lowest BCUT2D eigenvalue weighted by Gasteiger charge is -2.19. The molecular weight excluding hydrogens is 278 g/mol. The van der Waals surface area contributed by atoms with Crippen LogP contribution in [0.5, 0.6) is 0 Å². The predicted octanol–water partition coefficient (Wildman–Crippen LogP) is 3.99. The zero-order valence-corrected chi connectivity index (χ0v) is 14.1. The van der Waals surface area contributed by atoms with Gasteiger partial charge in [0, 0.05) is 13.0 Å². The average molecular weight is 311 g/mol. The molecule has 0 bridgehead atoms. The number of hydrogen-bond acceptors (Lipinski definition) is 4. The smallest absolute Gasteiger partial charge is 0.198 e. The first-order valence-electron chi connectivity index (χ1n) is 9.02. The van der Waals surface area contributed by atoms with Crippen molar-refractivity contribution in [3.63, 3.8) is 0 Å². The highest BCUT2D eigenvalue weighted by molar-refractivity contribution is 5.94. The molecule has 3 N–H and O–H groups in total. The fourth-order valence-corrected chi connectivity index (χ4v) is 2.86. The van der Waals surface area contributed by atoms with E-state index in [1.54, 1.807) is 0 Å². The molecule has 0 fully saturated rings. The number of hydrogen-bond donors (Lipinski definition) is 3. The third-order valence-corrected chi connectivity index (χ3v) is 4.32. The second-order valence-corrected chi connectivity index (χ2v) is 6.40. The molecule has 4 nitrogen and oxygen atoms in total. The fraction of sp³-hybridized carbons (Fsp3) is 0.833. The van der Waals surface area contributed by atoms with E-state index in [0.717, 1.165) is 19.3 Å². The minimum absolute atomic E-state index is 0.134. The second-order valence-electron chi connectivity index (χ2n) is 6.40. The molecule has 0 saturated heterocycles. The Morgan fingerprint density at radius 1 is 1.05 bits per heavy atom. The number of aliphatic hydroxyl groups excluding tert-OH is 2. The van der Waals surface area contributed by atoms with Crippen molar-refractivity contribution in [2.45, 2.75) is 90.1 Å². The zero-order chi connectivity index (χ0) is 16.2. The van der Waals surface area contributed by atoms with Crippen LogP contribution in [0, 0.1) is 0 Å². The number of carbonyl (C=O) groups excluding carboxylic acids is 1. The lowest BCUT2D eigenvalue weighted by Crippen LogP contribution is -2.29. The van der Waals surface area contributed by atoms with E-state index in [-0.39, 0.29) is 11.5 Å². The summed E-state index contributed by atoms with van der Waals surface area (Å²) in [5, 5.41) is 22.7. The maximum absolute atomic E-state index is 11.4. The van der Waals surface area contributed by atoms with Gasteiger partial charge in [0.2, 0.25) is 0 Å². The van der Waals surface area contributed by atoms with Gasteiger partial charge in [0.05, 0.1) is 11.8 Å². The van der Waals surface area contributed by atoms with E-state index in [2.05, 4.69) is 12.2 Å². The predicted molar refractivity (Wildman–Crippen MR) is 89.7 cm³/mol. The first kappa shape index (κ1) is 19.0. The molecule has 1 atom stereocenters. The molecule has 0 aromatic rings. The highest BCUT2D eigenvalue weighted by Crippen LogP contribution is 2.18. The summed E-state index contributed by atoms with van der Waals surface area (Å²) in [5.41, 5.74) is 0.603. The Morgan fingerprint density at radius 2 is 1.68 bits per heavy atom. The van der Waals surface area contributed by atoms with Gasteiger partial charge in [-0.15, -0.1) is 0 Å². The van der Waals surface area contributed by atoms with Crippen LogP contribution >= 0.6 is 0 Å². The second kappa shape index (κ2) is 11.5. The van der Waals surface area contributed by atoms with E-state index in [1.165, 1.54) is 44.9 Å². The average Bonchev–Trinajstić information content (AvgIpc) is 2.51. The van der Waals surface area contributed by atoms with Gasteiger partial charge in [0.1, 0.15) is 0 Å². The zero-order valence-electron chi connectivity index (χ0n) is 14.1. The van der Waals surface area contributed by atoms with Gasteiger partial charge in [-0.1, -0.05) is 58.3 Å². The van der Waals surface area contributed by atoms with Crippen LogP contribution in [0.15, 0.2) is 11.5 Å². The van der Waals surface area contributed by atoms with Gasteiger partial charge in [0.25, 0.3) is 0 Å². The van der Waals surface area contributed by atoms with Crippen molar-refractivity contribution < 1.29 is 15.0 Å². The number of allylic oxidation sites excluding steroid dienone is 2. The molecule has 1 aliphatic carbocycles. The summed E-state index contributed by atoms with van der Waals surface area (Å²) in [6.07, 6.45) is 12.4. The molecule has 0 amide bonds. The highest BCUT2D eigenvalue weighted by atomic mass is 16.3. The van der Waals surface area contributed by atoms with Crippen LogP contribution in [0.4, 0.5) is 0 Å². The Kier molecular flexibility index (Phi) is 9.96. The van der Waals surface area contributed by atoms with E-state index in [0.29, 0.717) is 25.1 Å². The monoisotopic (exact) mass is 311 g/mol. The lowest BCUT2D eigenvalue weighted by molar-refractivity contribution is -0.118. The minimum atomic E-state index is -0.405. The van der Waals surface area contributed by atoms with Crippen molar-refractivity contribution in [3.8, 4) is 0 Å². The van der Waals surface area contributed by atoms with Gasteiger partial charge in [0.15, 0.2) is 11.5 Å². The van der Waals surface area contributed by atoms with E-state index in [9.17, 15) is 15.0 Å². The number of Topliss-reactive ketones (excluding diaryl/α,β-unsaturated/α-hetero) is 1. The molecule has 0 aromatic heterocycles.